The van der Waals surface area contributed by atoms with E-state index >= 15 is 0 Å². The van der Waals surface area contributed by atoms with E-state index in [0.717, 1.165) is 22.1 Å². The van der Waals surface area contributed by atoms with Gasteiger partial charge in [0.2, 0.25) is 0 Å². The maximum absolute atomic E-state index is 12.4. The molecule has 1 aromatic heterocycles. The minimum absolute atomic E-state index is 0.0800. The van der Waals surface area contributed by atoms with E-state index < -0.39 is 0 Å². The molecule has 0 saturated heterocycles. The lowest BCUT2D eigenvalue weighted by atomic mass is 10.1. The average molecular weight is 352 g/mol. The third kappa shape index (κ3) is 3.74. The lowest BCUT2D eigenvalue weighted by molar-refractivity contribution is 0.102. The van der Waals surface area contributed by atoms with Crippen LogP contribution in [0.1, 0.15) is 22.8 Å². The molecule has 0 unspecified atom stereocenters. The number of carbonyl (C=O) groups excluding carboxylic acids is 1. The standard InChI is InChI=1S/C19H20N4OS/c1-3-23-18(15-6-4-5-7-16(15)20)21-22-19(23)25-12-17(24)14-10-8-13(2)9-11-14/h4-11H,3,12,20H2,1-2H3. The van der Waals surface area contributed by atoms with Gasteiger partial charge in [-0.15, -0.1) is 10.2 Å². The molecule has 0 atom stereocenters. The molecule has 5 nitrogen and oxygen atoms in total. The van der Waals surface area contributed by atoms with Crippen molar-refractivity contribution >= 4 is 23.2 Å². The minimum Gasteiger partial charge on any atom is -0.398 e. The van der Waals surface area contributed by atoms with Crippen LogP contribution in [0, 0.1) is 6.92 Å². The van der Waals surface area contributed by atoms with Crippen molar-refractivity contribution in [2.75, 3.05) is 11.5 Å². The summed E-state index contributed by atoms with van der Waals surface area (Å²) in [7, 11) is 0. The molecule has 0 radical (unpaired) electrons. The summed E-state index contributed by atoms with van der Waals surface area (Å²) < 4.78 is 1.98. The zero-order valence-corrected chi connectivity index (χ0v) is 15.1. The molecule has 25 heavy (non-hydrogen) atoms. The molecule has 3 aromatic rings. The van der Waals surface area contributed by atoms with Gasteiger partial charge in [-0.05, 0) is 26.0 Å². The summed E-state index contributed by atoms with van der Waals surface area (Å²) in [5, 5.41) is 9.26. The van der Waals surface area contributed by atoms with Crippen LogP contribution < -0.4 is 5.73 Å². The Morgan fingerprint density at radius 2 is 1.84 bits per heavy atom. The second-order valence-electron chi connectivity index (χ2n) is 5.72. The fraction of sp³-hybridized carbons (Fsp3) is 0.211. The second kappa shape index (κ2) is 7.53. The molecule has 0 aliphatic rings. The number of aromatic nitrogens is 3. The molecule has 3 rings (SSSR count). The number of thioether (sulfide) groups is 1. The number of carbonyl (C=O) groups is 1. The first-order valence-electron chi connectivity index (χ1n) is 8.11. The summed E-state index contributed by atoms with van der Waals surface area (Å²) in [5.41, 5.74) is 9.43. The Morgan fingerprint density at radius 1 is 1.12 bits per heavy atom. The number of nitrogens with zero attached hydrogens (tertiary/aromatic N) is 3. The summed E-state index contributed by atoms with van der Waals surface area (Å²) in [6.45, 7) is 4.74. The maximum atomic E-state index is 12.4. The largest absolute Gasteiger partial charge is 0.398 e. The van der Waals surface area contributed by atoms with Crippen LogP contribution in [0.4, 0.5) is 5.69 Å². The number of aryl methyl sites for hydroxylation is 1. The van der Waals surface area contributed by atoms with Crippen LogP contribution in [0.25, 0.3) is 11.4 Å². The van der Waals surface area contributed by atoms with Crippen LogP contribution in [0.15, 0.2) is 53.7 Å². The van der Waals surface area contributed by atoms with Crippen molar-refractivity contribution in [2.24, 2.45) is 0 Å². The van der Waals surface area contributed by atoms with Crippen molar-refractivity contribution in [3.63, 3.8) is 0 Å². The Hall–Kier alpha value is -2.60. The van der Waals surface area contributed by atoms with Crippen molar-refractivity contribution in [3.05, 3.63) is 59.7 Å². The van der Waals surface area contributed by atoms with Gasteiger partial charge in [0, 0.05) is 23.4 Å². The SMILES string of the molecule is CCn1c(SCC(=O)c2ccc(C)cc2)nnc1-c1ccccc1N. The summed E-state index contributed by atoms with van der Waals surface area (Å²) in [6.07, 6.45) is 0. The van der Waals surface area contributed by atoms with E-state index in [-0.39, 0.29) is 5.78 Å². The molecular formula is C19H20N4OS. The van der Waals surface area contributed by atoms with Crippen LogP contribution in [0.3, 0.4) is 0 Å². The van der Waals surface area contributed by atoms with Crippen molar-refractivity contribution in [1.82, 2.24) is 14.8 Å². The summed E-state index contributed by atoms with van der Waals surface area (Å²) in [6, 6.07) is 15.2. The molecule has 128 valence electrons. The van der Waals surface area contributed by atoms with Gasteiger partial charge in [-0.2, -0.15) is 0 Å². The number of Topliss-reactive ketones (excluding diaryl/α,β-unsaturated/α-hetero) is 1. The summed E-state index contributed by atoms with van der Waals surface area (Å²) in [5.74, 6) is 1.13. The molecule has 0 saturated carbocycles. The smallest absolute Gasteiger partial charge is 0.191 e. The Morgan fingerprint density at radius 3 is 2.52 bits per heavy atom. The first-order valence-corrected chi connectivity index (χ1v) is 9.09. The predicted molar refractivity (Wildman–Crippen MR) is 102 cm³/mol. The molecule has 0 aliphatic heterocycles. The lowest BCUT2D eigenvalue weighted by Gasteiger charge is -2.08. The van der Waals surface area contributed by atoms with E-state index in [1.54, 1.807) is 0 Å². The molecule has 6 heteroatoms. The quantitative estimate of drug-likeness (QED) is 0.415. The van der Waals surface area contributed by atoms with Crippen molar-refractivity contribution < 1.29 is 4.79 Å². The summed E-state index contributed by atoms with van der Waals surface area (Å²) >= 11 is 1.40. The number of nitrogens with two attached hydrogens (primary N) is 1. The normalized spacial score (nSPS) is 10.8. The third-order valence-corrected chi connectivity index (χ3v) is 4.91. The lowest BCUT2D eigenvalue weighted by Crippen LogP contribution is -2.05. The monoisotopic (exact) mass is 352 g/mol. The Labute approximate surface area is 151 Å². The van der Waals surface area contributed by atoms with E-state index in [0.29, 0.717) is 23.5 Å². The molecule has 0 bridgehead atoms. The highest BCUT2D eigenvalue weighted by molar-refractivity contribution is 7.99. The number of hydrogen-bond donors (Lipinski definition) is 1. The van der Waals surface area contributed by atoms with Crippen LogP contribution in [-0.2, 0) is 6.54 Å². The summed E-state index contributed by atoms with van der Waals surface area (Å²) in [4.78, 5) is 12.4. The van der Waals surface area contributed by atoms with E-state index in [2.05, 4.69) is 10.2 Å². The maximum Gasteiger partial charge on any atom is 0.191 e. The van der Waals surface area contributed by atoms with Gasteiger partial charge < -0.3 is 10.3 Å². The topological polar surface area (TPSA) is 73.8 Å². The number of benzene rings is 2. The molecule has 1 heterocycles. The van der Waals surface area contributed by atoms with Crippen LogP contribution >= 0.6 is 11.8 Å². The van der Waals surface area contributed by atoms with E-state index in [4.69, 9.17) is 5.73 Å². The van der Waals surface area contributed by atoms with Crippen LogP contribution in [0.2, 0.25) is 0 Å². The van der Waals surface area contributed by atoms with Gasteiger partial charge >= 0.3 is 0 Å². The highest BCUT2D eigenvalue weighted by atomic mass is 32.2. The molecule has 2 aromatic carbocycles. The zero-order chi connectivity index (χ0) is 17.8. The molecule has 2 N–H and O–H groups in total. The number of nitrogen functional groups attached to an aromatic ring is 1. The Bertz CT molecular complexity index is 887. The second-order valence-corrected chi connectivity index (χ2v) is 6.66. The van der Waals surface area contributed by atoms with Gasteiger partial charge in [0.25, 0.3) is 0 Å². The van der Waals surface area contributed by atoms with Crippen LogP contribution in [0.5, 0.6) is 0 Å². The first kappa shape index (κ1) is 17.2. The zero-order valence-electron chi connectivity index (χ0n) is 14.3. The van der Waals surface area contributed by atoms with Gasteiger partial charge in [0.1, 0.15) is 0 Å². The minimum atomic E-state index is 0.0800. The number of hydrogen-bond acceptors (Lipinski definition) is 5. The fourth-order valence-corrected chi connectivity index (χ4v) is 3.43. The van der Waals surface area contributed by atoms with Crippen molar-refractivity contribution in [3.8, 4) is 11.4 Å². The average Bonchev–Trinajstić information content (AvgIpc) is 3.03. The number of rotatable bonds is 6. The third-order valence-electron chi connectivity index (χ3n) is 3.94. The van der Waals surface area contributed by atoms with E-state index in [1.807, 2.05) is 66.9 Å². The fourth-order valence-electron chi connectivity index (χ4n) is 2.53. The molecule has 0 amide bonds. The van der Waals surface area contributed by atoms with Crippen molar-refractivity contribution in [2.45, 2.75) is 25.5 Å². The van der Waals surface area contributed by atoms with Gasteiger partial charge in [0.05, 0.1) is 5.75 Å². The highest BCUT2D eigenvalue weighted by Crippen LogP contribution is 2.28. The number of ketones is 1. The Balaban J connectivity index is 1.78. The Kier molecular flexibility index (Phi) is 5.19. The van der Waals surface area contributed by atoms with Gasteiger partial charge in [-0.3, -0.25) is 4.79 Å². The highest BCUT2D eigenvalue weighted by Gasteiger charge is 2.16. The van der Waals surface area contributed by atoms with Crippen molar-refractivity contribution in [1.29, 1.82) is 0 Å². The number of para-hydroxylation sites is 1. The molecular weight excluding hydrogens is 332 g/mol. The van der Waals surface area contributed by atoms with Gasteiger partial charge in [-0.1, -0.05) is 53.7 Å². The van der Waals surface area contributed by atoms with E-state index in [1.165, 1.54) is 11.8 Å². The molecule has 0 spiro atoms. The molecule has 0 aliphatic carbocycles. The first-order chi connectivity index (χ1) is 12.1. The molecule has 0 fully saturated rings. The van der Waals surface area contributed by atoms with Gasteiger partial charge in [0.15, 0.2) is 16.8 Å². The predicted octanol–water partition coefficient (Wildman–Crippen LogP) is 3.83. The van der Waals surface area contributed by atoms with Gasteiger partial charge in [-0.25, -0.2) is 0 Å². The van der Waals surface area contributed by atoms with E-state index in [9.17, 15) is 4.79 Å². The van der Waals surface area contributed by atoms with Crippen LogP contribution in [-0.4, -0.2) is 26.3 Å². The number of anilines is 1.